The Balaban J connectivity index is 1.54. The minimum absolute atomic E-state index is 0.934. The maximum atomic E-state index is 6.45. The molecule has 1 heteroatoms. The minimum atomic E-state index is 0.934. The first-order valence-corrected chi connectivity index (χ1v) is 13.6. The number of furan rings is 1. The van der Waals surface area contributed by atoms with Crippen LogP contribution in [0.5, 0.6) is 0 Å². The summed E-state index contributed by atoms with van der Waals surface area (Å²) in [4.78, 5) is 0. The summed E-state index contributed by atoms with van der Waals surface area (Å²) in [5.41, 5.74) is 9.81. The van der Waals surface area contributed by atoms with Crippen molar-refractivity contribution in [1.29, 1.82) is 0 Å². The SMILES string of the molecule is c1ccc2cc3oc4cccc5cc(-c6c7c(c(-c8ccccc8)c8ccccc68)C=CCC7)c(c2c#1)c3c54. The van der Waals surface area contributed by atoms with Crippen LogP contribution in [0.2, 0.25) is 0 Å². The van der Waals surface area contributed by atoms with Crippen molar-refractivity contribution >= 4 is 60.3 Å². The van der Waals surface area contributed by atoms with Gasteiger partial charge in [-0.15, -0.1) is 0 Å². The quantitative estimate of drug-likeness (QED) is 0.218. The molecule has 0 bridgehead atoms. The van der Waals surface area contributed by atoms with Crippen LogP contribution < -0.4 is 0 Å². The molecule has 0 radical (unpaired) electrons. The Morgan fingerprint density at radius 1 is 0.667 bits per heavy atom. The van der Waals surface area contributed by atoms with E-state index in [1.165, 1.54) is 65.7 Å². The minimum Gasteiger partial charge on any atom is -0.456 e. The normalized spacial score (nSPS) is 13.1. The van der Waals surface area contributed by atoms with Gasteiger partial charge in [-0.25, -0.2) is 0 Å². The first-order chi connectivity index (χ1) is 19.4. The lowest BCUT2D eigenvalue weighted by molar-refractivity contribution is 0.670. The molecule has 1 aromatic heterocycles. The van der Waals surface area contributed by atoms with E-state index in [-0.39, 0.29) is 0 Å². The molecule has 8 aromatic rings. The van der Waals surface area contributed by atoms with Crippen LogP contribution in [-0.2, 0) is 6.42 Å². The summed E-state index contributed by atoms with van der Waals surface area (Å²) >= 11 is 0. The van der Waals surface area contributed by atoms with Crippen LogP contribution in [0.15, 0.2) is 108 Å². The standard InChI is InChI=1S/C38H22O/c1-2-11-23(12-3-1)34-27-16-6-8-18-29(27)36(30-19-9-7-17-28(30)34)31-21-25-14-10-20-32-35(25)38-33(39-32)22-24-13-4-5-15-26(24)37(31)38/h1-4,6-8,10-14,16-18,20-22H,9,19H2. The predicted octanol–water partition coefficient (Wildman–Crippen LogP) is 10.4. The van der Waals surface area contributed by atoms with E-state index in [0.717, 1.165) is 34.8 Å². The lowest BCUT2D eigenvalue weighted by Crippen LogP contribution is -2.03. The van der Waals surface area contributed by atoms with Gasteiger partial charge in [0.05, 0.1) is 0 Å². The number of fused-ring (bicyclic) bond motifs is 4. The third-order valence-corrected chi connectivity index (χ3v) is 8.50. The molecule has 0 saturated heterocycles. The molecule has 1 heterocycles. The van der Waals surface area contributed by atoms with Crippen molar-refractivity contribution in [2.24, 2.45) is 0 Å². The lowest BCUT2D eigenvalue weighted by Gasteiger charge is -2.24. The highest BCUT2D eigenvalue weighted by Gasteiger charge is 2.25. The molecule has 0 fully saturated rings. The molecule has 0 aliphatic heterocycles. The highest BCUT2D eigenvalue weighted by molar-refractivity contribution is 6.32. The Labute approximate surface area is 225 Å². The molecule has 1 nitrogen and oxygen atoms in total. The second-order valence-corrected chi connectivity index (χ2v) is 10.6. The number of allylic oxidation sites excluding steroid dienone is 1. The second kappa shape index (κ2) is 7.73. The summed E-state index contributed by atoms with van der Waals surface area (Å²) in [6.45, 7) is 0. The van der Waals surface area contributed by atoms with Gasteiger partial charge in [0.25, 0.3) is 0 Å². The monoisotopic (exact) mass is 494 g/mol. The maximum Gasteiger partial charge on any atom is 0.136 e. The molecule has 7 aromatic carbocycles. The van der Waals surface area contributed by atoms with Crippen molar-refractivity contribution < 1.29 is 4.42 Å². The first kappa shape index (κ1) is 20.9. The molecular weight excluding hydrogens is 472 g/mol. The van der Waals surface area contributed by atoms with Gasteiger partial charge in [-0.3, -0.25) is 0 Å². The smallest absolute Gasteiger partial charge is 0.136 e. The Morgan fingerprint density at radius 3 is 2.41 bits per heavy atom. The van der Waals surface area contributed by atoms with E-state index in [4.69, 9.17) is 4.42 Å². The van der Waals surface area contributed by atoms with Crippen LogP contribution >= 0.6 is 0 Å². The molecule has 39 heavy (non-hydrogen) atoms. The molecule has 0 amide bonds. The van der Waals surface area contributed by atoms with E-state index >= 15 is 0 Å². The van der Waals surface area contributed by atoms with Gasteiger partial charge in [0.1, 0.15) is 11.2 Å². The summed E-state index contributed by atoms with van der Waals surface area (Å²) in [7, 11) is 0. The summed E-state index contributed by atoms with van der Waals surface area (Å²) in [6, 6.07) is 41.6. The number of benzene rings is 6. The highest BCUT2D eigenvalue weighted by Crippen LogP contribution is 2.50. The van der Waals surface area contributed by atoms with E-state index in [2.05, 4.69) is 115 Å². The fraction of sp³-hybridized carbons (Fsp3) is 0.0526. The van der Waals surface area contributed by atoms with Gasteiger partial charge in [0.15, 0.2) is 0 Å². The predicted molar refractivity (Wildman–Crippen MR) is 163 cm³/mol. The lowest BCUT2D eigenvalue weighted by atomic mass is 9.78. The van der Waals surface area contributed by atoms with E-state index in [9.17, 15) is 0 Å². The zero-order valence-electron chi connectivity index (χ0n) is 21.2. The molecule has 180 valence electrons. The van der Waals surface area contributed by atoms with Gasteiger partial charge in [-0.2, -0.15) is 0 Å². The van der Waals surface area contributed by atoms with E-state index in [1.807, 2.05) is 6.07 Å². The fourth-order valence-electron chi connectivity index (χ4n) is 6.96. The van der Waals surface area contributed by atoms with Gasteiger partial charge in [0, 0.05) is 21.5 Å². The number of hydrogen-bond donors (Lipinski definition) is 0. The van der Waals surface area contributed by atoms with Crippen LogP contribution in [0.3, 0.4) is 0 Å². The molecular formula is C38H22O. The molecule has 1 aliphatic carbocycles. The van der Waals surface area contributed by atoms with Gasteiger partial charge < -0.3 is 4.42 Å². The average molecular weight is 495 g/mol. The van der Waals surface area contributed by atoms with Gasteiger partial charge >= 0.3 is 0 Å². The van der Waals surface area contributed by atoms with Crippen LogP contribution in [0.1, 0.15) is 17.5 Å². The zero-order valence-corrected chi connectivity index (χ0v) is 21.2. The first-order valence-electron chi connectivity index (χ1n) is 13.6. The summed E-state index contributed by atoms with van der Waals surface area (Å²) < 4.78 is 6.45. The van der Waals surface area contributed by atoms with E-state index < -0.39 is 0 Å². The fourth-order valence-corrected chi connectivity index (χ4v) is 6.96. The molecule has 9 rings (SSSR count). The van der Waals surface area contributed by atoms with Crippen molar-refractivity contribution in [3.63, 3.8) is 0 Å². The number of hydrogen-bond acceptors (Lipinski definition) is 1. The number of rotatable bonds is 2. The third-order valence-electron chi connectivity index (χ3n) is 8.50. The van der Waals surface area contributed by atoms with Gasteiger partial charge in [-0.1, -0.05) is 91.0 Å². The topological polar surface area (TPSA) is 13.1 Å². The van der Waals surface area contributed by atoms with Crippen LogP contribution in [-0.4, -0.2) is 0 Å². The largest absolute Gasteiger partial charge is 0.456 e. The van der Waals surface area contributed by atoms with Gasteiger partial charge in [-0.05, 0) is 98.1 Å². The third kappa shape index (κ3) is 2.81. The molecule has 0 atom stereocenters. The average Bonchev–Trinajstić information content (AvgIpc) is 3.37. The molecule has 0 spiro atoms. The summed E-state index contributed by atoms with van der Waals surface area (Å²) in [6.07, 6.45) is 6.73. The van der Waals surface area contributed by atoms with Crippen molar-refractivity contribution in [2.45, 2.75) is 12.8 Å². The second-order valence-electron chi connectivity index (χ2n) is 10.6. The Bertz CT molecular complexity index is 2260. The van der Waals surface area contributed by atoms with Crippen molar-refractivity contribution in [2.75, 3.05) is 0 Å². The van der Waals surface area contributed by atoms with Crippen LogP contribution in [0.4, 0.5) is 0 Å². The highest BCUT2D eigenvalue weighted by atomic mass is 16.3. The van der Waals surface area contributed by atoms with Crippen molar-refractivity contribution in [3.8, 4) is 22.3 Å². The summed E-state index contributed by atoms with van der Waals surface area (Å²) in [5, 5.41) is 9.63. The molecule has 0 unspecified atom stereocenters. The molecule has 0 N–H and O–H groups in total. The molecule has 0 saturated carbocycles. The van der Waals surface area contributed by atoms with Crippen LogP contribution in [0.25, 0.3) is 82.6 Å². The maximum absolute atomic E-state index is 6.45. The van der Waals surface area contributed by atoms with E-state index in [1.54, 1.807) is 0 Å². The van der Waals surface area contributed by atoms with Gasteiger partial charge in [0.2, 0.25) is 0 Å². The molecule has 1 aliphatic rings. The summed E-state index contributed by atoms with van der Waals surface area (Å²) in [5.74, 6) is 0. The van der Waals surface area contributed by atoms with Crippen molar-refractivity contribution in [1.82, 2.24) is 0 Å². The van der Waals surface area contributed by atoms with E-state index in [0.29, 0.717) is 0 Å². The Kier molecular flexibility index (Phi) is 4.15. The Morgan fingerprint density at radius 2 is 1.51 bits per heavy atom. The Hall–Kier alpha value is -5.06. The zero-order chi connectivity index (χ0) is 25.5. The van der Waals surface area contributed by atoms with Crippen LogP contribution in [0, 0.1) is 12.1 Å². The van der Waals surface area contributed by atoms with Crippen molar-refractivity contribution in [3.05, 3.63) is 126 Å².